The molecule has 0 fully saturated rings. The van der Waals surface area contributed by atoms with Crippen molar-refractivity contribution in [1.29, 1.82) is 0 Å². The summed E-state index contributed by atoms with van der Waals surface area (Å²) in [4.78, 5) is 12.9. The molecule has 1 N–H and O–H groups in total. The number of amides is 1. The maximum absolute atomic E-state index is 13.6. The number of hydrogen-bond acceptors (Lipinski definition) is 5. The van der Waals surface area contributed by atoms with Crippen LogP contribution in [0.25, 0.3) is 0 Å². The molecule has 0 saturated heterocycles. The van der Waals surface area contributed by atoms with Crippen LogP contribution in [0.5, 0.6) is 11.5 Å². The number of sulfonamides is 1. The number of rotatable bonds is 11. The molecule has 3 rings (SSSR count). The first-order valence-electron chi connectivity index (χ1n) is 11.1. The van der Waals surface area contributed by atoms with Crippen molar-refractivity contribution in [2.24, 2.45) is 0 Å². The minimum Gasteiger partial charge on any atom is -0.493 e. The normalized spacial score (nSPS) is 12.3. The van der Waals surface area contributed by atoms with E-state index in [0.717, 1.165) is 9.87 Å². The highest BCUT2D eigenvalue weighted by atomic mass is 32.2. The van der Waals surface area contributed by atoms with Crippen molar-refractivity contribution in [2.75, 3.05) is 27.3 Å². The van der Waals surface area contributed by atoms with E-state index in [1.54, 1.807) is 19.1 Å². The van der Waals surface area contributed by atoms with Gasteiger partial charge in [-0.15, -0.1) is 0 Å². The van der Waals surface area contributed by atoms with Crippen LogP contribution in [0.3, 0.4) is 0 Å². The molecule has 1 amide bonds. The standard InChI is InChI=1S/C26H29FN2O5S/c1-19(21-9-11-22(27)12-10-21)28-26(30)18-29(16-15-20-7-5-4-6-8-20)35(31,32)23-13-14-24(33-2)25(17-23)34-3/h4-14,17,19H,15-16,18H2,1-3H3,(H,28,30)/t19-/m0/s1. The molecule has 1 atom stereocenters. The fourth-order valence-electron chi connectivity index (χ4n) is 3.59. The number of hydrogen-bond donors (Lipinski definition) is 1. The van der Waals surface area contributed by atoms with Gasteiger partial charge in [0.1, 0.15) is 5.82 Å². The Balaban J connectivity index is 1.83. The van der Waals surface area contributed by atoms with Crippen LogP contribution >= 0.6 is 0 Å². The zero-order valence-electron chi connectivity index (χ0n) is 19.9. The lowest BCUT2D eigenvalue weighted by atomic mass is 10.1. The first-order valence-corrected chi connectivity index (χ1v) is 12.5. The summed E-state index contributed by atoms with van der Waals surface area (Å²) < 4.78 is 52.0. The minimum absolute atomic E-state index is 0.0115. The fourth-order valence-corrected chi connectivity index (χ4v) is 5.00. The average molecular weight is 501 g/mol. The van der Waals surface area contributed by atoms with Gasteiger partial charge in [0, 0.05) is 12.6 Å². The third kappa shape index (κ3) is 6.80. The van der Waals surface area contributed by atoms with E-state index in [1.165, 1.54) is 44.6 Å². The lowest BCUT2D eigenvalue weighted by Gasteiger charge is -2.23. The molecule has 3 aromatic carbocycles. The van der Waals surface area contributed by atoms with E-state index in [4.69, 9.17) is 9.47 Å². The number of halogens is 1. The maximum Gasteiger partial charge on any atom is 0.243 e. The van der Waals surface area contributed by atoms with E-state index >= 15 is 0 Å². The third-order valence-electron chi connectivity index (χ3n) is 5.55. The SMILES string of the molecule is COc1ccc(S(=O)(=O)N(CCc2ccccc2)CC(=O)N[C@@H](C)c2ccc(F)cc2)cc1OC. The maximum atomic E-state index is 13.6. The van der Waals surface area contributed by atoms with Crippen molar-refractivity contribution in [2.45, 2.75) is 24.3 Å². The van der Waals surface area contributed by atoms with Crippen LogP contribution in [0, 0.1) is 5.82 Å². The Labute approximate surface area is 205 Å². The Morgan fingerprint density at radius 2 is 1.63 bits per heavy atom. The van der Waals surface area contributed by atoms with Crippen LogP contribution in [0.15, 0.2) is 77.7 Å². The van der Waals surface area contributed by atoms with Gasteiger partial charge in [-0.3, -0.25) is 4.79 Å². The summed E-state index contributed by atoms with van der Waals surface area (Å²) in [6.07, 6.45) is 0.425. The van der Waals surface area contributed by atoms with Gasteiger partial charge in [0.05, 0.1) is 31.7 Å². The zero-order chi connectivity index (χ0) is 25.4. The monoisotopic (exact) mass is 500 g/mol. The van der Waals surface area contributed by atoms with Crippen molar-refractivity contribution in [3.05, 3.63) is 89.7 Å². The molecule has 186 valence electrons. The van der Waals surface area contributed by atoms with E-state index in [1.807, 2.05) is 30.3 Å². The highest BCUT2D eigenvalue weighted by Crippen LogP contribution is 2.30. The predicted octanol–water partition coefficient (Wildman–Crippen LogP) is 3.95. The van der Waals surface area contributed by atoms with E-state index in [2.05, 4.69) is 5.32 Å². The molecule has 0 aromatic heterocycles. The molecule has 0 radical (unpaired) electrons. The van der Waals surface area contributed by atoms with E-state index in [0.29, 0.717) is 17.7 Å². The Bertz CT molecular complexity index is 1230. The summed E-state index contributed by atoms with van der Waals surface area (Å²) in [5.41, 5.74) is 1.65. The topological polar surface area (TPSA) is 84.9 Å². The number of carbonyl (C=O) groups excluding carboxylic acids is 1. The molecule has 0 heterocycles. The highest BCUT2D eigenvalue weighted by molar-refractivity contribution is 7.89. The molecule has 0 saturated carbocycles. The van der Waals surface area contributed by atoms with Crippen molar-refractivity contribution in [1.82, 2.24) is 9.62 Å². The van der Waals surface area contributed by atoms with Crippen LogP contribution in [0.4, 0.5) is 4.39 Å². The number of carbonyl (C=O) groups is 1. The lowest BCUT2D eigenvalue weighted by molar-refractivity contribution is -0.121. The van der Waals surface area contributed by atoms with Gasteiger partial charge < -0.3 is 14.8 Å². The van der Waals surface area contributed by atoms with Gasteiger partial charge in [-0.25, -0.2) is 12.8 Å². The molecule has 3 aromatic rings. The molecule has 35 heavy (non-hydrogen) atoms. The molecule has 9 heteroatoms. The summed E-state index contributed by atoms with van der Waals surface area (Å²) >= 11 is 0. The van der Waals surface area contributed by atoms with Gasteiger partial charge in [0.2, 0.25) is 15.9 Å². The van der Waals surface area contributed by atoms with Crippen molar-refractivity contribution in [3.63, 3.8) is 0 Å². The molecule has 0 aliphatic heterocycles. The second-order valence-corrected chi connectivity index (χ2v) is 9.87. The Morgan fingerprint density at radius 1 is 0.971 bits per heavy atom. The van der Waals surface area contributed by atoms with Crippen LogP contribution in [-0.2, 0) is 21.2 Å². The molecule has 0 spiro atoms. The average Bonchev–Trinajstić information content (AvgIpc) is 2.86. The fraction of sp³-hybridized carbons (Fsp3) is 0.269. The number of methoxy groups -OCH3 is 2. The number of benzene rings is 3. The van der Waals surface area contributed by atoms with E-state index in [9.17, 15) is 17.6 Å². The summed E-state index contributed by atoms with van der Waals surface area (Å²) in [6, 6.07) is 19.1. The minimum atomic E-state index is -4.04. The second kappa shape index (κ2) is 11.8. The van der Waals surface area contributed by atoms with E-state index < -0.39 is 22.0 Å². The van der Waals surface area contributed by atoms with Gasteiger partial charge in [-0.05, 0) is 48.7 Å². The van der Waals surface area contributed by atoms with Crippen molar-refractivity contribution < 1.29 is 27.1 Å². The van der Waals surface area contributed by atoms with Gasteiger partial charge in [-0.2, -0.15) is 4.31 Å². The predicted molar refractivity (Wildman–Crippen MR) is 131 cm³/mol. The number of nitrogens with one attached hydrogen (secondary N) is 1. The van der Waals surface area contributed by atoms with Crippen molar-refractivity contribution in [3.8, 4) is 11.5 Å². The highest BCUT2D eigenvalue weighted by Gasteiger charge is 2.28. The van der Waals surface area contributed by atoms with E-state index in [-0.39, 0.29) is 29.6 Å². The number of nitrogens with zero attached hydrogens (tertiary/aromatic N) is 1. The third-order valence-corrected chi connectivity index (χ3v) is 7.39. The summed E-state index contributed by atoms with van der Waals surface area (Å²) in [5.74, 6) is -0.182. The van der Waals surface area contributed by atoms with Gasteiger partial charge in [0.25, 0.3) is 0 Å². The Hall–Kier alpha value is -3.43. The van der Waals surface area contributed by atoms with Gasteiger partial charge in [-0.1, -0.05) is 42.5 Å². The largest absolute Gasteiger partial charge is 0.493 e. The van der Waals surface area contributed by atoms with Crippen LogP contribution in [0.2, 0.25) is 0 Å². The van der Waals surface area contributed by atoms with Crippen LogP contribution in [-0.4, -0.2) is 45.9 Å². The molecule has 0 unspecified atom stereocenters. The quantitative estimate of drug-likeness (QED) is 0.431. The smallest absolute Gasteiger partial charge is 0.243 e. The van der Waals surface area contributed by atoms with Gasteiger partial charge >= 0.3 is 0 Å². The lowest BCUT2D eigenvalue weighted by Crippen LogP contribution is -2.42. The zero-order valence-corrected chi connectivity index (χ0v) is 20.7. The molecule has 0 bridgehead atoms. The molecule has 7 nitrogen and oxygen atoms in total. The molecule has 0 aliphatic rings. The van der Waals surface area contributed by atoms with Gasteiger partial charge in [0.15, 0.2) is 11.5 Å². The molecular formula is C26H29FN2O5S. The van der Waals surface area contributed by atoms with Crippen molar-refractivity contribution >= 4 is 15.9 Å². The summed E-state index contributed by atoms with van der Waals surface area (Å²) in [5, 5.41) is 2.80. The van der Waals surface area contributed by atoms with Crippen LogP contribution in [0.1, 0.15) is 24.1 Å². The second-order valence-electron chi connectivity index (χ2n) is 7.93. The van der Waals surface area contributed by atoms with Crippen LogP contribution < -0.4 is 14.8 Å². The molecular weight excluding hydrogens is 471 g/mol. The molecule has 0 aliphatic carbocycles. The Kier molecular flexibility index (Phi) is 8.84. The Morgan fingerprint density at radius 3 is 2.26 bits per heavy atom. The summed E-state index contributed by atoms with van der Waals surface area (Å²) in [6.45, 7) is 1.47. The first-order chi connectivity index (χ1) is 16.7. The first kappa shape index (κ1) is 26.2. The number of ether oxygens (including phenoxy) is 2. The summed E-state index contributed by atoms with van der Waals surface area (Å²) in [7, 11) is -1.16.